The van der Waals surface area contributed by atoms with Crippen LogP contribution in [0.5, 0.6) is 5.75 Å². The summed E-state index contributed by atoms with van der Waals surface area (Å²) in [6, 6.07) is 2.86. The zero-order valence-electron chi connectivity index (χ0n) is 9.91. The number of rotatable bonds is 7. The van der Waals surface area contributed by atoms with Crippen LogP contribution in [0.25, 0.3) is 0 Å². The van der Waals surface area contributed by atoms with Gasteiger partial charge < -0.3 is 10.1 Å². The third-order valence-corrected chi connectivity index (χ3v) is 2.99. The van der Waals surface area contributed by atoms with Crippen molar-refractivity contribution in [3.05, 3.63) is 31.7 Å². The van der Waals surface area contributed by atoms with Crippen LogP contribution in [0.2, 0.25) is 5.02 Å². The van der Waals surface area contributed by atoms with E-state index in [1.165, 1.54) is 6.07 Å². The van der Waals surface area contributed by atoms with Crippen molar-refractivity contribution in [2.45, 2.75) is 13.3 Å². The Bertz CT molecular complexity index is 429. The van der Waals surface area contributed by atoms with E-state index in [-0.39, 0.29) is 11.4 Å². The molecule has 0 atom stereocenters. The largest absolute Gasteiger partial charge is 0.486 e. The smallest absolute Gasteiger partial charge is 0.313 e. The third-order valence-electron chi connectivity index (χ3n) is 2.18. The molecule has 1 rings (SSSR count). The van der Waals surface area contributed by atoms with Crippen LogP contribution in [0, 0.1) is 10.1 Å². The highest BCUT2D eigenvalue weighted by Gasteiger charge is 2.19. The Balaban J connectivity index is 2.71. The van der Waals surface area contributed by atoms with E-state index in [2.05, 4.69) is 21.2 Å². The van der Waals surface area contributed by atoms with Crippen molar-refractivity contribution in [3.63, 3.8) is 0 Å². The molecule has 0 saturated carbocycles. The maximum absolute atomic E-state index is 10.9. The summed E-state index contributed by atoms with van der Waals surface area (Å²) in [6.07, 6.45) is 0.778. The fraction of sp³-hybridized carbons (Fsp3) is 0.455. The van der Waals surface area contributed by atoms with E-state index in [9.17, 15) is 10.1 Å². The summed E-state index contributed by atoms with van der Waals surface area (Å²) in [5, 5.41) is 14.3. The number of hydrogen-bond acceptors (Lipinski definition) is 4. The summed E-state index contributed by atoms with van der Waals surface area (Å²) in [5.41, 5.74) is -0.127. The second kappa shape index (κ2) is 7.56. The quantitative estimate of drug-likeness (QED) is 0.470. The van der Waals surface area contributed by atoms with Crippen molar-refractivity contribution >= 4 is 33.2 Å². The molecule has 0 aliphatic heterocycles. The number of ether oxygens (including phenoxy) is 1. The van der Waals surface area contributed by atoms with Crippen molar-refractivity contribution in [3.8, 4) is 5.75 Å². The Kier molecular flexibility index (Phi) is 6.38. The number of nitro groups is 1. The van der Waals surface area contributed by atoms with E-state index < -0.39 is 4.92 Å². The molecule has 1 aromatic carbocycles. The summed E-state index contributed by atoms with van der Waals surface area (Å²) in [7, 11) is 0. The van der Waals surface area contributed by atoms with Gasteiger partial charge in [0.05, 0.1) is 16.0 Å². The first-order valence-corrected chi connectivity index (χ1v) is 6.70. The monoisotopic (exact) mass is 336 g/mol. The molecule has 0 spiro atoms. The molecule has 0 aliphatic carbocycles. The minimum absolute atomic E-state index is 0.127. The van der Waals surface area contributed by atoms with Crippen LogP contribution < -0.4 is 10.1 Å². The first kappa shape index (κ1) is 15.2. The first-order valence-electron chi connectivity index (χ1n) is 5.53. The van der Waals surface area contributed by atoms with Gasteiger partial charge in [0.1, 0.15) is 0 Å². The molecule has 0 unspecified atom stereocenters. The van der Waals surface area contributed by atoms with E-state index in [1.807, 2.05) is 6.92 Å². The molecule has 0 radical (unpaired) electrons. The Morgan fingerprint density at radius 1 is 1.56 bits per heavy atom. The van der Waals surface area contributed by atoms with Crippen molar-refractivity contribution in [2.24, 2.45) is 0 Å². The zero-order chi connectivity index (χ0) is 13.5. The van der Waals surface area contributed by atoms with E-state index in [4.69, 9.17) is 16.3 Å². The molecular formula is C11H14BrClN2O3. The van der Waals surface area contributed by atoms with Crippen LogP contribution in [0.15, 0.2) is 16.6 Å². The average Bonchev–Trinajstić information content (AvgIpc) is 2.30. The Morgan fingerprint density at radius 3 is 2.89 bits per heavy atom. The molecule has 0 fully saturated rings. The van der Waals surface area contributed by atoms with Gasteiger partial charge in [-0.15, -0.1) is 0 Å². The Morgan fingerprint density at radius 2 is 2.28 bits per heavy atom. The lowest BCUT2D eigenvalue weighted by Crippen LogP contribution is -2.16. The van der Waals surface area contributed by atoms with E-state index >= 15 is 0 Å². The van der Waals surface area contributed by atoms with Gasteiger partial charge >= 0.3 is 5.69 Å². The predicted molar refractivity (Wildman–Crippen MR) is 74.5 cm³/mol. The minimum Gasteiger partial charge on any atom is -0.486 e. The van der Waals surface area contributed by atoms with Gasteiger partial charge in [0.25, 0.3) is 0 Å². The Labute approximate surface area is 119 Å². The second-order valence-corrected chi connectivity index (χ2v) is 4.84. The molecule has 0 aliphatic rings. The molecule has 100 valence electrons. The Hall–Kier alpha value is -0.850. The lowest BCUT2D eigenvalue weighted by atomic mass is 10.3. The number of hydrogen-bond donors (Lipinski definition) is 1. The highest BCUT2D eigenvalue weighted by molar-refractivity contribution is 9.10. The maximum Gasteiger partial charge on any atom is 0.313 e. The van der Waals surface area contributed by atoms with Gasteiger partial charge in [0, 0.05) is 11.1 Å². The normalized spacial score (nSPS) is 10.4. The summed E-state index contributed by atoms with van der Waals surface area (Å²) in [6.45, 7) is 4.13. The molecular weight excluding hydrogens is 323 g/mol. The molecule has 1 aromatic rings. The molecule has 7 heteroatoms. The van der Waals surface area contributed by atoms with Crippen LogP contribution >= 0.6 is 27.5 Å². The van der Waals surface area contributed by atoms with Gasteiger partial charge in [0.2, 0.25) is 5.75 Å². The molecule has 5 nitrogen and oxygen atoms in total. The van der Waals surface area contributed by atoms with Gasteiger partial charge in [-0.2, -0.15) is 0 Å². The molecule has 0 saturated heterocycles. The summed E-state index contributed by atoms with van der Waals surface area (Å²) < 4.78 is 5.93. The molecule has 0 aromatic heterocycles. The van der Waals surface area contributed by atoms with Crippen molar-refractivity contribution < 1.29 is 9.66 Å². The number of nitrogens with one attached hydrogen (secondary N) is 1. The van der Waals surface area contributed by atoms with E-state index in [0.29, 0.717) is 16.1 Å². The molecule has 0 amide bonds. The summed E-state index contributed by atoms with van der Waals surface area (Å²) >= 11 is 8.99. The lowest BCUT2D eigenvalue weighted by molar-refractivity contribution is -0.385. The maximum atomic E-state index is 10.9. The molecule has 1 N–H and O–H groups in total. The van der Waals surface area contributed by atoms with Crippen molar-refractivity contribution in [2.75, 3.05) is 19.7 Å². The summed E-state index contributed by atoms with van der Waals surface area (Å²) in [5.74, 6) is 0.223. The topological polar surface area (TPSA) is 64.4 Å². The van der Waals surface area contributed by atoms with Gasteiger partial charge in [-0.05, 0) is 41.5 Å². The molecule has 0 bridgehead atoms. The molecule has 0 heterocycles. The van der Waals surface area contributed by atoms with Crippen molar-refractivity contribution in [1.82, 2.24) is 5.32 Å². The zero-order valence-corrected chi connectivity index (χ0v) is 12.3. The highest BCUT2D eigenvalue weighted by atomic mass is 79.9. The second-order valence-electron chi connectivity index (χ2n) is 3.55. The molecule has 18 heavy (non-hydrogen) atoms. The average molecular weight is 338 g/mol. The number of nitro benzene ring substituents is 1. The van der Waals surface area contributed by atoms with Gasteiger partial charge in [0.15, 0.2) is 0 Å². The van der Waals surface area contributed by atoms with Gasteiger partial charge in [-0.3, -0.25) is 10.1 Å². The predicted octanol–water partition coefficient (Wildman–Crippen LogP) is 3.39. The lowest BCUT2D eigenvalue weighted by Gasteiger charge is -2.09. The van der Waals surface area contributed by atoms with Crippen molar-refractivity contribution in [1.29, 1.82) is 0 Å². The van der Waals surface area contributed by atoms with Crippen LogP contribution in [0.1, 0.15) is 13.3 Å². The number of nitrogens with zero attached hydrogens (tertiary/aromatic N) is 1. The van der Waals surface area contributed by atoms with E-state index in [1.54, 1.807) is 6.07 Å². The third kappa shape index (κ3) is 4.44. The van der Waals surface area contributed by atoms with Crippen LogP contribution in [0.3, 0.4) is 0 Å². The number of benzene rings is 1. The SMILES string of the molecule is CCNCCCOc1c(Br)cc(Cl)cc1[N+](=O)[O-]. The minimum atomic E-state index is -0.504. The first-order chi connectivity index (χ1) is 8.56. The van der Waals surface area contributed by atoms with Crippen LogP contribution in [-0.4, -0.2) is 24.6 Å². The van der Waals surface area contributed by atoms with Crippen LogP contribution in [0.4, 0.5) is 5.69 Å². The summed E-state index contributed by atoms with van der Waals surface area (Å²) in [4.78, 5) is 10.4. The number of halogens is 2. The highest BCUT2D eigenvalue weighted by Crippen LogP contribution is 2.37. The van der Waals surface area contributed by atoms with E-state index in [0.717, 1.165) is 19.5 Å². The van der Waals surface area contributed by atoms with Gasteiger partial charge in [-0.1, -0.05) is 18.5 Å². The van der Waals surface area contributed by atoms with Gasteiger partial charge in [-0.25, -0.2) is 0 Å². The standard InChI is InChI=1S/C11H14BrClN2O3/c1-2-14-4-3-5-18-11-9(12)6-8(13)7-10(11)15(16)17/h6-7,14H,2-5H2,1H3. The van der Waals surface area contributed by atoms with Crippen LogP contribution in [-0.2, 0) is 0 Å². The fourth-order valence-electron chi connectivity index (χ4n) is 1.37. The fourth-order valence-corrected chi connectivity index (χ4v) is 2.28.